The molecule has 0 radical (unpaired) electrons. The number of rotatable bonds is 6. The molecule has 0 heterocycles. The Kier molecular flexibility index (Phi) is 6.65. The highest BCUT2D eigenvalue weighted by Gasteiger charge is 2.47. The average Bonchev–Trinajstić information content (AvgIpc) is 2.37. The summed E-state index contributed by atoms with van der Waals surface area (Å²) in [4.78, 5) is 11.9. The van der Waals surface area contributed by atoms with E-state index < -0.39 is 24.2 Å². The molecule has 0 aromatic heterocycles. The second-order valence-corrected chi connectivity index (χ2v) is 5.49. The van der Waals surface area contributed by atoms with Crippen LogP contribution in [0, 0.1) is 0 Å². The van der Waals surface area contributed by atoms with E-state index in [0.717, 1.165) is 5.57 Å². The van der Waals surface area contributed by atoms with Gasteiger partial charge in [0.15, 0.2) is 5.92 Å². The second kappa shape index (κ2) is 8.01. The first-order valence-corrected chi connectivity index (χ1v) is 7.17. The van der Waals surface area contributed by atoms with E-state index in [-0.39, 0.29) is 5.56 Å². The van der Waals surface area contributed by atoms with Crippen molar-refractivity contribution in [2.75, 3.05) is 0 Å². The van der Waals surface area contributed by atoms with Crippen LogP contribution in [0.2, 0.25) is 0 Å². The van der Waals surface area contributed by atoms with Gasteiger partial charge in [0.2, 0.25) is 0 Å². The Labute approximate surface area is 129 Å². The summed E-state index contributed by atoms with van der Waals surface area (Å²) in [5.41, 5.74) is 1.02. The summed E-state index contributed by atoms with van der Waals surface area (Å²) in [5, 5.41) is 0. The molecule has 22 heavy (non-hydrogen) atoms. The molecule has 0 N–H and O–H groups in total. The molecule has 0 saturated carbocycles. The van der Waals surface area contributed by atoms with Gasteiger partial charge in [0.25, 0.3) is 0 Å². The monoisotopic (exact) mass is 314 g/mol. The Balaban J connectivity index is 2.76. The largest absolute Gasteiger partial charge is 0.462 e. The SMILES string of the molecule is CC(C)=CCC[C@@H](C)OC(=O)[C@H](c1ccccc1)C(F)(F)F. The molecule has 0 unspecified atom stereocenters. The lowest BCUT2D eigenvalue weighted by atomic mass is 9.98. The molecule has 2 nitrogen and oxygen atoms in total. The topological polar surface area (TPSA) is 26.3 Å². The molecule has 0 bridgehead atoms. The molecular weight excluding hydrogens is 293 g/mol. The van der Waals surface area contributed by atoms with Gasteiger partial charge >= 0.3 is 12.1 Å². The van der Waals surface area contributed by atoms with Crippen molar-refractivity contribution >= 4 is 5.97 Å². The highest BCUT2D eigenvalue weighted by molar-refractivity contribution is 5.79. The van der Waals surface area contributed by atoms with E-state index in [9.17, 15) is 18.0 Å². The molecule has 0 fully saturated rings. The molecule has 1 rings (SSSR count). The van der Waals surface area contributed by atoms with E-state index in [4.69, 9.17) is 4.74 Å². The van der Waals surface area contributed by atoms with Crippen LogP contribution in [-0.4, -0.2) is 18.2 Å². The number of allylic oxidation sites excluding steroid dienone is 2. The first-order valence-electron chi connectivity index (χ1n) is 7.17. The fraction of sp³-hybridized carbons (Fsp3) is 0.471. The number of esters is 1. The van der Waals surface area contributed by atoms with E-state index in [1.54, 1.807) is 13.0 Å². The zero-order valence-corrected chi connectivity index (χ0v) is 13.0. The first-order chi connectivity index (χ1) is 10.2. The first kappa shape index (κ1) is 18.3. The number of hydrogen-bond acceptors (Lipinski definition) is 2. The Bertz CT molecular complexity index is 502. The van der Waals surface area contributed by atoms with Gasteiger partial charge in [-0.2, -0.15) is 13.2 Å². The molecule has 0 saturated heterocycles. The average molecular weight is 314 g/mol. The maximum atomic E-state index is 13.2. The fourth-order valence-corrected chi connectivity index (χ4v) is 2.04. The number of carbonyl (C=O) groups excluding carboxylic acids is 1. The van der Waals surface area contributed by atoms with Crippen molar-refractivity contribution in [2.45, 2.75) is 51.8 Å². The lowest BCUT2D eigenvalue weighted by molar-refractivity contribution is -0.184. The van der Waals surface area contributed by atoms with Crippen molar-refractivity contribution in [3.63, 3.8) is 0 Å². The third-order valence-corrected chi connectivity index (χ3v) is 3.14. The number of ether oxygens (including phenoxy) is 1. The van der Waals surface area contributed by atoms with Gasteiger partial charge in [-0.25, -0.2) is 0 Å². The van der Waals surface area contributed by atoms with Crippen LogP contribution < -0.4 is 0 Å². The zero-order valence-electron chi connectivity index (χ0n) is 13.0. The summed E-state index contributed by atoms with van der Waals surface area (Å²) in [6.07, 6.45) is -2.10. The van der Waals surface area contributed by atoms with Crippen molar-refractivity contribution in [1.29, 1.82) is 0 Å². The maximum absolute atomic E-state index is 13.2. The zero-order chi connectivity index (χ0) is 16.8. The van der Waals surface area contributed by atoms with Crippen molar-refractivity contribution in [3.05, 3.63) is 47.5 Å². The van der Waals surface area contributed by atoms with Gasteiger partial charge in [-0.05, 0) is 39.2 Å². The summed E-state index contributed by atoms with van der Waals surface area (Å²) < 4.78 is 44.4. The minimum absolute atomic E-state index is 0.100. The standard InChI is InChI=1S/C17H21F3O2/c1-12(2)8-7-9-13(3)22-16(21)15(17(18,19)20)14-10-5-4-6-11-14/h4-6,8,10-11,13,15H,7,9H2,1-3H3/t13-,15+/m1/s1. The predicted molar refractivity (Wildman–Crippen MR) is 79.5 cm³/mol. The maximum Gasteiger partial charge on any atom is 0.406 e. The molecule has 1 aromatic rings. The molecular formula is C17H21F3O2. The number of alkyl halides is 3. The van der Waals surface area contributed by atoms with Crippen molar-refractivity contribution in [3.8, 4) is 0 Å². The van der Waals surface area contributed by atoms with Gasteiger partial charge in [-0.3, -0.25) is 4.79 Å². The predicted octanol–water partition coefficient (Wildman–Crippen LogP) is 5.01. The summed E-state index contributed by atoms with van der Waals surface area (Å²) in [7, 11) is 0. The minimum atomic E-state index is -4.67. The van der Waals surface area contributed by atoms with Gasteiger partial charge in [-0.1, -0.05) is 42.0 Å². The van der Waals surface area contributed by atoms with Gasteiger partial charge in [0.05, 0.1) is 6.10 Å². The Morgan fingerprint density at radius 1 is 1.23 bits per heavy atom. The molecule has 1 aromatic carbocycles. The summed E-state index contributed by atoms with van der Waals surface area (Å²) in [5.74, 6) is -3.48. The molecule has 0 amide bonds. The molecule has 0 spiro atoms. The van der Waals surface area contributed by atoms with Crippen LogP contribution in [0.15, 0.2) is 42.0 Å². The molecule has 2 atom stereocenters. The highest BCUT2D eigenvalue weighted by Crippen LogP contribution is 2.36. The van der Waals surface area contributed by atoms with Gasteiger partial charge in [-0.15, -0.1) is 0 Å². The minimum Gasteiger partial charge on any atom is -0.462 e. The van der Waals surface area contributed by atoms with Crippen LogP contribution >= 0.6 is 0 Å². The number of halogens is 3. The molecule has 0 aliphatic heterocycles. The van der Waals surface area contributed by atoms with Crippen molar-refractivity contribution in [1.82, 2.24) is 0 Å². The van der Waals surface area contributed by atoms with E-state index in [0.29, 0.717) is 12.8 Å². The number of benzene rings is 1. The second-order valence-electron chi connectivity index (χ2n) is 5.49. The Hall–Kier alpha value is -1.78. The van der Waals surface area contributed by atoms with E-state index >= 15 is 0 Å². The van der Waals surface area contributed by atoms with Gasteiger partial charge < -0.3 is 4.74 Å². The van der Waals surface area contributed by atoms with Crippen LogP contribution in [0.3, 0.4) is 0 Å². The smallest absolute Gasteiger partial charge is 0.406 e. The molecule has 0 aliphatic carbocycles. The van der Waals surface area contributed by atoms with E-state index in [1.165, 1.54) is 24.3 Å². The van der Waals surface area contributed by atoms with Gasteiger partial charge in [0.1, 0.15) is 0 Å². The quantitative estimate of drug-likeness (QED) is 0.545. The van der Waals surface area contributed by atoms with E-state index in [1.807, 2.05) is 19.9 Å². The van der Waals surface area contributed by atoms with Crippen molar-refractivity contribution < 1.29 is 22.7 Å². The Morgan fingerprint density at radius 2 is 1.82 bits per heavy atom. The van der Waals surface area contributed by atoms with E-state index in [2.05, 4.69) is 0 Å². The highest BCUT2D eigenvalue weighted by atomic mass is 19.4. The van der Waals surface area contributed by atoms with Crippen LogP contribution in [0.4, 0.5) is 13.2 Å². The third-order valence-electron chi connectivity index (χ3n) is 3.14. The Morgan fingerprint density at radius 3 is 2.32 bits per heavy atom. The third kappa shape index (κ3) is 5.92. The molecule has 122 valence electrons. The normalized spacial score (nSPS) is 14.1. The number of hydrogen-bond donors (Lipinski definition) is 0. The summed E-state index contributed by atoms with van der Waals surface area (Å²) >= 11 is 0. The van der Waals surface area contributed by atoms with Crippen molar-refractivity contribution in [2.24, 2.45) is 0 Å². The molecule has 5 heteroatoms. The summed E-state index contributed by atoms with van der Waals surface area (Å²) in [6, 6.07) is 7.12. The van der Waals surface area contributed by atoms with Crippen LogP contribution in [0.25, 0.3) is 0 Å². The number of carbonyl (C=O) groups is 1. The van der Waals surface area contributed by atoms with Crippen LogP contribution in [0.1, 0.15) is 45.1 Å². The lowest BCUT2D eigenvalue weighted by Gasteiger charge is -2.21. The van der Waals surface area contributed by atoms with Gasteiger partial charge in [0, 0.05) is 0 Å². The van der Waals surface area contributed by atoms with Crippen LogP contribution in [-0.2, 0) is 9.53 Å². The fourth-order valence-electron chi connectivity index (χ4n) is 2.04. The molecule has 0 aliphatic rings. The van der Waals surface area contributed by atoms with Crippen LogP contribution in [0.5, 0.6) is 0 Å². The lowest BCUT2D eigenvalue weighted by Crippen LogP contribution is -2.32. The summed E-state index contributed by atoms with van der Waals surface area (Å²) in [6.45, 7) is 5.48.